The van der Waals surface area contributed by atoms with Crippen LogP contribution >= 0.6 is 35.6 Å². The third-order valence-corrected chi connectivity index (χ3v) is 5.39. The third-order valence-electron chi connectivity index (χ3n) is 3.67. The number of anilines is 1. The minimum Gasteiger partial charge on any atom is -0.478 e. The molecule has 0 unspecified atom stereocenters. The van der Waals surface area contributed by atoms with Crippen LogP contribution in [0.3, 0.4) is 0 Å². The SMILES string of the molecule is O=C(O)c1ccccc1[C@@H]1SCC(=O)N1NC(=S)Nc1ccccc1Cl. The molecule has 26 heavy (non-hydrogen) atoms. The van der Waals surface area contributed by atoms with Gasteiger partial charge in [0.15, 0.2) is 5.11 Å². The molecule has 1 heterocycles. The number of rotatable bonds is 4. The number of carbonyl (C=O) groups excluding carboxylic acids is 1. The molecule has 1 amide bonds. The zero-order valence-electron chi connectivity index (χ0n) is 13.3. The number of hydrazine groups is 1. The normalized spacial score (nSPS) is 16.4. The number of para-hydroxylation sites is 1. The minimum atomic E-state index is -1.04. The first-order valence-corrected chi connectivity index (χ1v) is 9.39. The van der Waals surface area contributed by atoms with E-state index in [1.807, 2.05) is 0 Å². The highest BCUT2D eigenvalue weighted by atomic mass is 35.5. The Kier molecular flexibility index (Phi) is 5.65. The fourth-order valence-corrected chi connectivity index (χ4v) is 4.04. The molecule has 0 aromatic heterocycles. The molecule has 1 fully saturated rings. The van der Waals surface area contributed by atoms with Crippen LogP contribution in [0.2, 0.25) is 5.02 Å². The zero-order valence-corrected chi connectivity index (χ0v) is 15.7. The summed E-state index contributed by atoms with van der Waals surface area (Å²) in [7, 11) is 0. The molecule has 9 heteroatoms. The largest absolute Gasteiger partial charge is 0.478 e. The maximum Gasteiger partial charge on any atom is 0.336 e. The van der Waals surface area contributed by atoms with Crippen LogP contribution in [0, 0.1) is 0 Å². The van der Waals surface area contributed by atoms with Crippen molar-refractivity contribution >= 4 is 58.3 Å². The summed E-state index contributed by atoms with van der Waals surface area (Å²) in [6.45, 7) is 0. The number of thioether (sulfide) groups is 1. The molecule has 6 nitrogen and oxygen atoms in total. The third kappa shape index (κ3) is 3.92. The van der Waals surface area contributed by atoms with Gasteiger partial charge in [-0.25, -0.2) is 9.80 Å². The Labute approximate surface area is 164 Å². The summed E-state index contributed by atoms with van der Waals surface area (Å²) in [6.07, 6.45) is 0. The standard InChI is InChI=1S/C17H14ClN3O3S2/c18-12-7-3-4-8-13(12)19-17(25)20-21-14(22)9-26-15(21)10-5-1-2-6-11(10)16(23)24/h1-8,15H,9H2,(H,23,24)(H2,19,20,25)/t15-/m0/s1. The second-order valence-electron chi connectivity index (χ2n) is 5.37. The predicted octanol–water partition coefficient (Wildman–Crippen LogP) is 3.51. The van der Waals surface area contributed by atoms with Crippen LogP contribution in [0.5, 0.6) is 0 Å². The van der Waals surface area contributed by atoms with E-state index in [1.54, 1.807) is 42.5 Å². The van der Waals surface area contributed by atoms with E-state index >= 15 is 0 Å². The molecule has 0 aliphatic carbocycles. The lowest BCUT2D eigenvalue weighted by Gasteiger charge is -2.27. The fraction of sp³-hybridized carbons (Fsp3) is 0.118. The molecule has 0 spiro atoms. The van der Waals surface area contributed by atoms with E-state index in [2.05, 4.69) is 10.7 Å². The summed E-state index contributed by atoms with van der Waals surface area (Å²) >= 11 is 12.7. The Hall–Kier alpha value is -2.29. The van der Waals surface area contributed by atoms with Crippen molar-refractivity contribution in [3.8, 4) is 0 Å². The maximum atomic E-state index is 12.3. The number of nitrogens with zero attached hydrogens (tertiary/aromatic N) is 1. The van der Waals surface area contributed by atoms with Gasteiger partial charge in [0, 0.05) is 5.56 Å². The average Bonchev–Trinajstić information content (AvgIpc) is 2.97. The second kappa shape index (κ2) is 7.94. The van der Waals surface area contributed by atoms with Crippen LogP contribution in [0.25, 0.3) is 0 Å². The Balaban J connectivity index is 1.80. The number of benzene rings is 2. The van der Waals surface area contributed by atoms with Gasteiger partial charge in [0.25, 0.3) is 5.91 Å². The Morgan fingerprint density at radius 1 is 1.23 bits per heavy atom. The lowest BCUT2D eigenvalue weighted by Crippen LogP contribution is -2.46. The number of hydrogen-bond acceptors (Lipinski definition) is 4. The van der Waals surface area contributed by atoms with Gasteiger partial charge in [-0.1, -0.05) is 41.9 Å². The molecule has 1 aliphatic heterocycles. The number of aromatic carboxylic acids is 1. The van der Waals surface area contributed by atoms with Crippen molar-refractivity contribution < 1.29 is 14.7 Å². The summed E-state index contributed by atoms with van der Waals surface area (Å²) in [4.78, 5) is 23.8. The van der Waals surface area contributed by atoms with E-state index in [0.29, 0.717) is 16.3 Å². The number of carbonyl (C=O) groups is 2. The topological polar surface area (TPSA) is 81.7 Å². The van der Waals surface area contributed by atoms with Crippen LogP contribution in [0.1, 0.15) is 21.3 Å². The predicted molar refractivity (Wildman–Crippen MR) is 106 cm³/mol. The highest BCUT2D eigenvalue weighted by Crippen LogP contribution is 2.38. The molecule has 1 atom stereocenters. The summed E-state index contributed by atoms with van der Waals surface area (Å²) < 4.78 is 0. The molecule has 0 radical (unpaired) electrons. The molecule has 0 saturated carbocycles. The monoisotopic (exact) mass is 407 g/mol. The van der Waals surface area contributed by atoms with Crippen molar-refractivity contribution in [1.29, 1.82) is 0 Å². The minimum absolute atomic E-state index is 0.150. The highest BCUT2D eigenvalue weighted by Gasteiger charge is 2.35. The quantitative estimate of drug-likeness (QED) is 0.669. The van der Waals surface area contributed by atoms with E-state index in [4.69, 9.17) is 23.8 Å². The molecule has 0 bridgehead atoms. The van der Waals surface area contributed by atoms with E-state index in [1.165, 1.54) is 22.8 Å². The first-order valence-electron chi connectivity index (χ1n) is 7.55. The van der Waals surface area contributed by atoms with Gasteiger partial charge < -0.3 is 10.4 Å². The number of nitrogens with one attached hydrogen (secondary N) is 2. The number of halogens is 1. The summed E-state index contributed by atoms with van der Waals surface area (Å²) in [5.41, 5.74) is 4.14. The molecule has 2 aromatic carbocycles. The lowest BCUT2D eigenvalue weighted by molar-refractivity contribution is -0.129. The van der Waals surface area contributed by atoms with Gasteiger partial charge in [-0.3, -0.25) is 10.2 Å². The number of carboxylic acids is 1. The molecule has 1 aliphatic rings. The molecule has 3 N–H and O–H groups in total. The number of amides is 1. The first-order chi connectivity index (χ1) is 12.5. The van der Waals surface area contributed by atoms with Crippen molar-refractivity contribution in [2.45, 2.75) is 5.37 Å². The summed E-state index contributed by atoms with van der Waals surface area (Å²) in [6, 6.07) is 13.7. The van der Waals surface area contributed by atoms with Gasteiger partial charge in [-0.15, -0.1) is 11.8 Å². The van der Waals surface area contributed by atoms with E-state index in [0.717, 1.165) is 0 Å². The Morgan fingerprint density at radius 2 is 1.92 bits per heavy atom. The summed E-state index contributed by atoms with van der Waals surface area (Å²) in [5.74, 6) is -1.01. The average molecular weight is 408 g/mol. The van der Waals surface area contributed by atoms with Crippen LogP contribution < -0.4 is 10.7 Å². The van der Waals surface area contributed by atoms with Gasteiger partial charge in [0.1, 0.15) is 5.37 Å². The van der Waals surface area contributed by atoms with Crippen molar-refractivity contribution in [2.24, 2.45) is 0 Å². The smallest absolute Gasteiger partial charge is 0.336 e. The van der Waals surface area contributed by atoms with Gasteiger partial charge >= 0.3 is 5.97 Å². The number of carboxylic acid groups (broad SMARTS) is 1. The van der Waals surface area contributed by atoms with Crippen molar-refractivity contribution in [3.05, 3.63) is 64.7 Å². The summed E-state index contributed by atoms with van der Waals surface area (Å²) in [5, 5.41) is 13.9. The van der Waals surface area contributed by atoms with E-state index < -0.39 is 11.3 Å². The second-order valence-corrected chi connectivity index (χ2v) is 7.25. The zero-order chi connectivity index (χ0) is 18.7. The maximum absolute atomic E-state index is 12.3. The van der Waals surface area contributed by atoms with Crippen molar-refractivity contribution in [1.82, 2.24) is 10.4 Å². The molecule has 1 saturated heterocycles. The molecule has 2 aromatic rings. The van der Waals surface area contributed by atoms with E-state index in [-0.39, 0.29) is 22.3 Å². The van der Waals surface area contributed by atoms with Crippen molar-refractivity contribution in [3.63, 3.8) is 0 Å². The van der Waals surface area contributed by atoms with Gasteiger partial charge in [0.2, 0.25) is 0 Å². The molecular weight excluding hydrogens is 394 g/mol. The highest BCUT2D eigenvalue weighted by molar-refractivity contribution is 8.00. The van der Waals surface area contributed by atoms with Crippen LogP contribution in [0.4, 0.5) is 5.69 Å². The lowest BCUT2D eigenvalue weighted by atomic mass is 10.1. The number of hydrogen-bond donors (Lipinski definition) is 3. The van der Waals surface area contributed by atoms with Crippen LogP contribution in [0.15, 0.2) is 48.5 Å². The van der Waals surface area contributed by atoms with Gasteiger partial charge in [-0.05, 0) is 30.4 Å². The Morgan fingerprint density at radius 3 is 2.65 bits per heavy atom. The van der Waals surface area contributed by atoms with Crippen LogP contribution in [-0.2, 0) is 4.79 Å². The fourth-order valence-electron chi connectivity index (χ4n) is 2.50. The van der Waals surface area contributed by atoms with Crippen LogP contribution in [-0.4, -0.2) is 32.9 Å². The Bertz CT molecular complexity index is 878. The van der Waals surface area contributed by atoms with E-state index in [9.17, 15) is 14.7 Å². The van der Waals surface area contributed by atoms with Gasteiger partial charge in [-0.2, -0.15) is 0 Å². The van der Waals surface area contributed by atoms with Gasteiger partial charge in [0.05, 0.1) is 22.0 Å². The molecule has 3 rings (SSSR count). The number of thiocarbonyl (C=S) groups is 1. The molecular formula is C17H14ClN3O3S2. The van der Waals surface area contributed by atoms with Crippen molar-refractivity contribution in [2.75, 3.05) is 11.1 Å². The first kappa shape index (κ1) is 18.5. The molecule has 134 valence electrons.